The van der Waals surface area contributed by atoms with Gasteiger partial charge in [-0.15, -0.1) is 0 Å². The van der Waals surface area contributed by atoms with Crippen LogP contribution in [0.1, 0.15) is 22.8 Å². The molecule has 0 bridgehead atoms. The molecule has 0 fully saturated rings. The maximum absolute atomic E-state index is 14.8. The fraction of sp³-hybridized carbons (Fsp3) is 0.167. The molecule has 36 heavy (non-hydrogen) atoms. The quantitative estimate of drug-likeness (QED) is 0.318. The molecule has 10 nitrogen and oxygen atoms in total. The molecule has 0 amide bonds. The minimum absolute atomic E-state index is 0.0570. The zero-order valence-electron chi connectivity index (χ0n) is 19.2. The molecule has 0 aliphatic rings. The summed E-state index contributed by atoms with van der Waals surface area (Å²) in [5.74, 6) is -1.33. The van der Waals surface area contributed by atoms with Crippen LogP contribution >= 0.6 is 0 Å². The molecule has 0 radical (unpaired) electrons. The van der Waals surface area contributed by atoms with E-state index in [1.165, 1.54) is 60.8 Å². The number of aromatic nitrogens is 7. The van der Waals surface area contributed by atoms with Gasteiger partial charge in [-0.2, -0.15) is 15.2 Å². The number of carbonyl (C=O) groups excluding carboxylic acids is 1. The summed E-state index contributed by atoms with van der Waals surface area (Å²) in [6.07, 6.45) is 5.74. The summed E-state index contributed by atoms with van der Waals surface area (Å²) in [4.78, 5) is 24.7. The van der Waals surface area contributed by atoms with E-state index in [0.29, 0.717) is 16.6 Å². The van der Waals surface area contributed by atoms with Crippen LogP contribution in [0.3, 0.4) is 0 Å². The molecule has 0 saturated carbocycles. The van der Waals surface area contributed by atoms with Gasteiger partial charge in [0.25, 0.3) is 5.95 Å². The van der Waals surface area contributed by atoms with Crippen molar-refractivity contribution in [1.82, 2.24) is 34.5 Å². The SMILES string of the molecule is CCOC(=O)c1cnn(-c2nc(OC)c3c(cnn3Cc3ccc(-c4ncccc4F)c(F)c3)n2)c1. The van der Waals surface area contributed by atoms with Crippen LogP contribution in [0.25, 0.3) is 28.2 Å². The molecule has 1 aromatic carbocycles. The van der Waals surface area contributed by atoms with Gasteiger partial charge in [-0.3, -0.25) is 9.67 Å². The zero-order chi connectivity index (χ0) is 25.2. The van der Waals surface area contributed by atoms with Crippen LogP contribution in [-0.2, 0) is 11.3 Å². The highest BCUT2D eigenvalue weighted by Crippen LogP contribution is 2.27. The summed E-state index contributed by atoms with van der Waals surface area (Å²) < 4.78 is 42.2. The first kappa shape index (κ1) is 23.0. The Labute approximate surface area is 203 Å². The molecule has 0 N–H and O–H groups in total. The summed E-state index contributed by atoms with van der Waals surface area (Å²) in [5.41, 5.74) is 1.78. The molecule has 5 aromatic rings. The van der Waals surface area contributed by atoms with Crippen LogP contribution in [0.15, 0.2) is 55.1 Å². The maximum atomic E-state index is 14.8. The van der Waals surface area contributed by atoms with Crippen LogP contribution in [-0.4, -0.2) is 54.2 Å². The Hall–Kier alpha value is -4.74. The average Bonchev–Trinajstić information content (AvgIpc) is 3.52. The molecule has 4 heterocycles. The smallest absolute Gasteiger partial charge is 0.341 e. The fourth-order valence-electron chi connectivity index (χ4n) is 3.68. The van der Waals surface area contributed by atoms with Gasteiger partial charge in [-0.05, 0) is 36.8 Å². The Kier molecular flexibility index (Phi) is 6.07. The van der Waals surface area contributed by atoms with Crippen molar-refractivity contribution in [1.29, 1.82) is 0 Å². The predicted octanol–water partition coefficient (Wildman–Crippen LogP) is 3.59. The Morgan fingerprint density at radius 1 is 1.08 bits per heavy atom. The van der Waals surface area contributed by atoms with Gasteiger partial charge >= 0.3 is 5.97 Å². The monoisotopic (exact) mass is 491 g/mol. The second-order valence-corrected chi connectivity index (χ2v) is 7.61. The Balaban J connectivity index is 1.46. The minimum atomic E-state index is -0.608. The number of rotatable bonds is 7. The van der Waals surface area contributed by atoms with E-state index in [1.54, 1.807) is 17.7 Å². The third-order valence-electron chi connectivity index (χ3n) is 5.32. The van der Waals surface area contributed by atoms with E-state index >= 15 is 0 Å². The highest BCUT2D eigenvalue weighted by Gasteiger charge is 2.18. The van der Waals surface area contributed by atoms with Crippen molar-refractivity contribution < 1.29 is 23.0 Å². The molecule has 182 valence electrons. The van der Waals surface area contributed by atoms with Crippen molar-refractivity contribution >= 4 is 17.0 Å². The van der Waals surface area contributed by atoms with Gasteiger partial charge < -0.3 is 9.47 Å². The second-order valence-electron chi connectivity index (χ2n) is 7.61. The normalized spacial score (nSPS) is 11.1. The molecule has 0 aliphatic carbocycles. The van der Waals surface area contributed by atoms with Gasteiger partial charge in [0.05, 0.1) is 38.2 Å². The van der Waals surface area contributed by atoms with E-state index in [1.807, 2.05) is 0 Å². The highest BCUT2D eigenvalue weighted by atomic mass is 19.1. The minimum Gasteiger partial charge on any atom is -0.479 e. The number of halogens is 2. The molecule has 0 unspecified atom stereocenters. The second kappa shape index (κ2) is 9.49. The number of hydrogen-bond donors (Lipinski definition) is 0. The summed E-state index contributed by atoms with van der Waals surface area (Å²) >= 11 is 0. The number of carbonyl (C=O) groups is 1. The predicted molar refractivity (Wildman–Crippen MR) is 124 cm³/mol. The Bertz CT molecular complexity index is 1580. The standard InChI is InChI=1S/C24H19F2N7O3/c1-3-36-23(34)15-10-28-33(13-15)24-30-19-11-29-32(21(19)22(31-24)35-2)12-14-6-7-16(18(26)9-14)20-17(25)5-4-8-27-20/h4-11,13H,3,12H2,1-2H3. The molecule has 12 heteroatoms. The van der Waals surface area contributed by atoms with Crippen molar-refractivity contribution in [2.75, 3.05) is 13.7 Å². The number of hydrogen-bond acceptors (Lipinski definition) is 8. The highest BCUT2D eigenvalue weighted by molar-refractivity contribution is 5.88. The number of benzene rings is 1. The third-order valence-corrected chi connectivity index (χ3v) is 5.32. The number of ether oxygens (including phenoxy) is 2. The van der Waals surface area contributed by atoms with Crippen molar-refractivity contribution in [3.63, 3.8) is 0 Å². The summed E-state index contributed by atoms with van der Waals surface area (Å²) in [6, 6.07) is 7.13. The molecule has 5 rings (SSSR count). The summed E-state index contributed by atoms with van der Waals surface area (Å²) in [5, 5.41) is 8.48. The molecule has 0 aliphatic heterocycles. The van der Waals surface area contributed by atoms with Crippen molar-refractivity contribution in [3.05, 3.63) is 77.9 Å². The van der Waals surface area contributed by atoms with Crippen LogP contribution < -0.4 is 4.74 Å². The van der Waals surface area contributed by atoms with Gasteiger partial charge in [0.15, 0.2) is 0 Å². The van der Waals surface area contributed by atoms with Crippen LogP contribution in [0.5, 0.6) is 5.88 Å². The first-order valence-corrected chi connectivity index (χ1v) is 10.9. The Morgan fingerprint density at radius 3 is 2.69 bits per heavy atom. The first-order valence-electron chi connectivity index (χ1n) is 10.9. The van der Waals surface area contributed by atoms with Crippen LogP contribution in [0, 0.1) is 11.6 Å². The van der Waals surface area contributed by atoms with Crippen LogP contribution in [0.2, 0.25) is 0 Å². The lowest BCUT2D eigenvalue weighted by atomic mass is 10.1. The van der Waals surface area contributed by atoms with Crippen molar-refractivity contribution in [3.8, 4) is 23.1 Å². The van der Waals surface area contributed by atoms with E-state index in [0.717, 1.165) is 0 Å². The first-order chi connectivity index (χ1) is 17.5. The average molecular weight is 491 g/mol. The maximum Gasteiger partial charge on any atom is 0.341 e. The topological polar surface area (TPSA) is 110 Å². The molecule has 0 saturated heterocycles. The van der Waals surface area contributed by atoms with E-state index < -0.39 is 17.6 Å². The largest absolute Gasteiger partial charge is 0.479 e. The lowest BCUT2D eigenvalue weighted by Crippen LogP contribution is -2.07. The number of nitrogens with zero attached hydrogens (tertiary/aromatic N) is 7. The zero-order valence-corrected chi connectivity index (χ0v) is 19.2. The molecular formula is C24H19F2N7O3. The molecule has 4 aromatic heterocycles. The summed E-state index contributed by atoms with van der Waals surface area (Å²) in [6.45, 7) is 2.14. The van der Waals surface area contributed by atoms with Gasteiger partial charge in [-0.25, -0.2) is 23.2 Å². The summed E-state index contributed by atoms with van der Waals surface area (Å²) in [7, 11) is 1.45. The number of esters is 1. The van der Waals surface area contributed by atoms with E-state index in [4.69, 9.17) is 9.47 Å². The number of methoxy groups -OCH3 is 1. The molecule has 0 atom stereocenters. The van der Waals surface area contributed by atoms with Gasteiger partial charge in [0, 0.05) is 18.0 Å². The Morgan fingerprint density at radius 2 is 1.94 bits per heavy atom. The lowest BCUT2D eigenvalue weighted by Gasteiger charge is -2.10. The third kappa shape index (κ3) is 4.24. The van der Waals surface area contributed by atoms with E-state index in [2.05, 4.69) is 25.1 Å². The lowest BCUT2D eigenvalue weighted by molar-refractivity contribution is 0.0526. The van der Waals surface area contributed by atoms with Gasteiger partial charge in [0.1, 0.15) is 28.4 Å². The van der Waals surface area contributed by atoms with Gasteiger partial charge in [0.2, 0.25) is 5.88 Å². The van der Waals surface area contributed by atoms with Crippen molar-refractivity contribution in [2.24, 2.45) is 0 Å². The number of pyridine rings is 1. The number of fused-ring (bicyclic) bond motifs is 1. The fourth-order valence-corrected chi connectivity index (χ4v) is 3.68. The molecular weight excluding hydrogens is 472 g/mol. The van der Waals surface area contributed by atoms with E-state index in [9.17, 15) is 13.6 Å². The van der Waals surface area contributed by atoms with Gasteiger partial charge in [-0.1, -0.05) is 6.07 Å². The molecule has 0 spiro atoms. The van der Waals surface area contributed by atoms with Crippen LogP contribution in [0.4, 0.5) is 8.78 Å². The van der Waals surface area contributed by atoms with E-state index in [-0.39, 0.29) is 41.8 Å². The van der Waals surface area contributed by atoms with Crippen molar-refractivity contribution in [2.45, 2.75) is 13.5 Å².